The molecule has 4 N–H and O–H groups in total. The van der Waals surface area contributed by atoms with Gasteiger partial charge in [-0.15, -0.1) is 0 Å². The second-order valence-electron chi connectivity index (χ2n) is 25.0. The van der Waals surface area contributed by atoms with Crippen molar-refractivity contribution < 1.29 is 68.4 Å². The zero-order valence-electron chi connectivity index (χ0n) is 53.1. The minimum atomic E-state index is -2.14. The first-order valence-electron chi connectivity index (χ1n) is 28.5. The highest BCUT2D eigenvalue weighted by Crippen LogP contribution is 2.44. The van der Waals surface area contributed by atoms with Crippen molar-refractivity contribution in [3.05, 3.63) is 133 Å². The van der Waals surface area contributed by atoms with Gasteiger partial charge in [-0.1, -0.05) is 78.2 Å². The maximum Gasteiger partial charge on any atom is 0.425 e. The number of nitrogens with one attached hydrogen (secondary N) is 1. The fraction of sp³-hybridized carbons (Fsp3) is 0.632. The van der Waals surface area contributed by atoms with E-state index in [9.17, 15) is 59.5 Å². The van der Waals surface area contributed by atoms with Gasteiger partial charge >= 0.3 is 17.5 Å². The predicted octanol–water partition coefficient (Wildman–Crippen LogP) is 8.91. The second-order valence-corrected chi connectivity index (χ2v) is 30.9. The van der Waals surface area contributed by atoms with Crippen LogP contribution in [0.25, 0.3) is 0 Å². The van der Waals surface area contributed by atoms with Crippen molar-refractivity contribution in [3.63, 3.8) is 0 Å². The summed E-state index contributed by atoms with van der Waals surface area (Å²) in [6.07, 6.45) is -4.01. The Kier molecular flexibility index (Phi) is 26.9. The predicted molar refractivity (Wildman–Crippen MR) is 334 cm³/mol. The summed E-state index contributed by atoms with van der Waals surface area (Å²) in [5.41, 5.74) is -4.27. The van der Waals surface area contributed by atoms with Gasteiger partial charge in [0.2, 0.25) is 0 Å². The number of carbonyl (C=O) groups is 1. The standard InChI is InChI=1S/C23H31N3O9.C21H35BrN2O6Si.C13H19NO4.OS2/c1-5-33-14-6-7-16(26(31)32)15(8-14)20(23(2,3)4)34-12-13-10-25(22(30)24-21(13)29)19-9-17(28)18(11-27)35-19;1-13-15(30-31(8,9)21(5,6)7)10-16(28-13)23-12-14(11-22)17(25)24(18(23)26)19(27)29-20(2,3)4;1-5-18-9-6-7-11(14(16)17)10(8-9)12(15)13(2,3)4;1-3-2/h6-8,10,17-20,27-28H,5,9,11-12H2,1-4H3,(H,24,29,30);12-13,15-16H,10-11H2,1-9H3;6-8,12,15H,5H2,1-4H3;/t17?,18-,19-,20-;13-,15?,16-;12-;/m111./s1/i;1T;;. The number of aromatic nitrogens is 4. The van der Waals surface area contributed by atoms with Gasteiger partial charge in [0.1, 0.15) is 35.7 Å². The summed E-state index contributed by atoms with van der Waals surface area (Å²) >= 11 is 7.00. The van der Waals surface area contributed by atoms with Crippen molar-refractivity contribution in [2.45, 2.75) is 201 Å². The molecule has 0 radical (unpaired) electrons. The highest BCUT2D eigenvalue weighted by atomic mass is 79.9. The van der Waals surface area contributed by atoms with Gasteiger partial charge in [-0.3, -0.25) is 43.9 Å². The summed E-state index contributed by atoms with van der Waals surface area (Å²) in [5.74, 6) is 0.981. The number of H-pyrrole nitrogens is 1. The van der Waals surface area contributed by atoms with Crippen molar-refractivity contribution >= 4 is 63.1 Å². The molecule has 6 rings (SSSR count). The van der Waals surface area contributed by atoms with Gasteiger partial charge in [0.25, 0.3) is 22.5 Å². The number of nitrogens with zero attached hydrogens (tertiary/aromatic N) is 5. The van der Waals surface area contributed by atoms with Crippen LogP contribution in [0.1, 0.15) is 165 Å². The van der Waals surface area contributed by atoms with Crippen LogP contribution in [-0.4, -0.2) is 112 Å². The average Bonchev–Trinajstić information content (AvgIpc) is 1.78. The van der Waals surface area contributed by atoms with Crippen LogP contribution in [0.5, 0.6) is 11.5 Å². The van der Waals surface area contributed by atoms with E-state index in [1.807, 2.05) is 48.5 Å². The number of aliphatic hydroxyl groups excluding tert-OH is 3. The van der Waals surface area contributed by atoms with E-state index in [4.69, 9.17) is 38.4 Å². The maximum absolute atomic E-state index is 13.2. The highest BCUT2D eigenvalue weighted by Gasteiger charge is 2.45. The number of hydrogen-bond acceptors (Lipinski definition) is 21. The van der Waals surface area contributed by atoms with Gasteiger partial charge in [-0.25, -0.2) is 14.4 Å². The summed E-state index contributed by atoms with van der Waals surface area (Å²) < 4.78 is 59.6. The van der Waals surface area contributed by atoms with Gasteiger partial charge < -0.3 is 48.2 Å². The molecule has 2 aliphatic heterocycles. The van der Waals surface area contributed by atoms with E-state index < -0.39 is 113 Å². The molecule has 0 saturated carbocycles. The van der Waals surface area contributed by atoms with Gasteiger partial charge in [0, 0.05) is 60.8 Å². The molecule has 0 aliphatic carbocycles. The Balaban J connectivity index is 0.000000353. The Bertz CT molecular complexity index is 3330. The Morgan fingerprint density at radius 2 is 1.38 bits per heavy atom. The molecular formula is C57H85BrN6O20S2Si. The second kappa shape index (κ2) is 31.7. The van der Waals surface area contributed by atoms with E-state index in [-0.39, 0.29) is 69.1 Å². The molecule has 8 atom stereocenters. The number of benzene rings is 2. The topological polar surface area (TPSA) is 345 Å². The monoisotopic (exact) mass is 1350 g/mol. The molecular weight excluding hydrogens is 1260 g/mol. The number of aliphatic hydroxyl groups is 3. The van der Waals surface area contributed by atoms with Gasteiger partial charge in [0.05, 0.1) is 83.5 Å². The number of nitro benzene ring substituents is 2. The van der Waals surface area contributed by atoms with E-state index in [1.54, 1.807) is 39.8 Å². The third kappa shape index (κ3) is 20.7. The smallest absolute Gasteiger partial charge is 0.425 e. The molecule has 486 valence electrons. The zero-order valence-corrected chi connectivity index (χ0v) is 56.3. The summed E-state index contributed by atoms with van der Waals surface area (Å²) in [6, 6.07) is 8.88. The first-order valence-corrected chi connectivity index (χ1v) is 33.5. The van der Waals surface area contributed by atoms with Crippen molar-refractivity contribution in [2.75, 3.05) is 19.8 Å². The number of alkyl halides is 1. The SMILES string of the molecule is CCOc1ccc([N+](=O)[O-])c([C@@H](O)C(C)(C)C)c1.CCOc1ccc([N+](=O)[O-])c([C@@H](OCc2cn([C@H]3CC(O)[C@@H](CO)O3)c(=O)[nH]c2=O)C(C)(C)C)c1.O=S=S.[3H]C[C@H]1O[C@@H](n2cc(CBr)c(=O)n(C(=O)OC(C)(C)C)c2=O)CC1O[Si](C)(C)C(C)(C)C. The summed E-state index contributed by atoms with van der Waals surface area (Å²) in [4.78, 5) is 87.3. The number of nitro groups is 2. The van der Waals surface area contributed by atoms with Crippen molar-refractivity contribution in [3.8, 4) is 11.5 Å². The summed E-state index contributed by atoms with van der Waals surface area (Å²) in [6.45, 7) is 30.4. The molecule has 4 heterocycles. The lowest BCUT2D eigenvalue weighted by atomic mass is 9.83. The van der Waals surface area contributed by atoms with Crippen LogP contribution in [-0.2, 0) is 56.7 Å². The largest absolute Gasteiger partial charge is 0.494 e. The molecule has 2 fully saturated rings. The molecule has 2 aliphatic rings. The number of carbonyl (C=O) groups excluding carboxylic acids is 1. The van der Waals surface area contributed by atoms with Gasteiger partial charge in [0.15, 0.2) is 18.5 Å². The van der Waals surface area contributed by atoms with Crippen LogP contribution in [0, 0.1) is 31.1 Å². The average molecular weight is 1350 g/mol. The molecule has 0 amide bonds. The van der Waals surface area contributed by atoms with Crippen LogP contribution in [0.4, 0.5) is 16.2 Å². The highest BCUT2D eigenvalue weighted by molar-refractivity contribution is 9.08. The van der Waals surface area contributed by atoms with Crippen LogP contribution in [0.2, 0.25) is 18.1 Å². The quantitative estimate of drug-likeness (QED) is 0.0331. The summed E-state index contributed by atoms with van der Waals surface area (Å²) in [5, 5.41) is 52.3. The molecule has 2 aromatic heterocycles. The van der Waals surface area contributed by atoms with Crippen molar-refractivity contribution in [1.29, 1.82) is 0 Å². The molecule has 2 unspecified atom stereocenters. The third-order valence-electron chi connectivity index (χ3n) is 14.0. The van der Waals surface area contributed by atoms with Crippen molar-refractivity contribution in [1.82, 2.24) is 18.7 Å². The molecule has 0 spiro atoms. The first kappa shape index (κ1) is 73.8. The first-order chi connectivity index (χ1) is 40.7. The van der Waals surface area contributed by atoms with E-state index in [2.05, 4.69) is 66.0 Å². The van der Waals surface area contributed by atoms with Crippen LogP contribution < -0.4 is 32.0 Å². The van der Waals surface area contributed by atoms with E-state index >= 15 is 0 Å². The third-order valence-corrected chi connectivity index (χ3v) is 19.1. The number of ether oxygens (including phenoxy) is 6. The lowest BCUT2D eigenvalue weighted by Gasteiger charge is -2.39. The Hall–Kier alpha value is -5.67. The van der Waals surface area contributed by atoms with Crippen LogP contribution >= 0.6 is 15.9 Å². The number of rotatable bonds is 17. The van der Waals surface area contributed by atoms with Crippen molar-refractivity contribution in [2.24, 2.45) is 10.8 Å². The zero-order chi connectivity index (χ0) is 67.2. The minimum Gasteiger partial charge on any atom is -0.494 e. The Morgan fingerprint density at radius 3 is 1.83 bits per heavy atom. The van der Waals surface area contributed by atoms with E-state index in [0.29, 0.717) is 46.8 Å². The molecule has 2 saturated heterocycles. The minimum absolute atomic E-state index is 0.0262. The Labute approximate surface area is 524 Å². The Morgan fingerprint density at radius 1 is 0.862 bits per heavy atom. The maximum atomic E-state index is 13.2. The number of hydrogen-bond donors (Lipinski definition) is 4. The number of aromatic amines is 1. The van der Waals surface area contributed by atoms with E-state index in [0.717, 1.165) is 4.57 Å². The molecule has 87 heavy (non-hydrogen) atoms. The molecule has 26 nitrogen and oxygen atoms in total. The van der Waals surface area contributed by atoms with Crippen LogP contribution in [0.3, 0.4) is 0 Å². The fourth-order valence-electron chi connectivity index (χ4n) is 8.62. The van der Waals surface area contributed by atoms with Gasteiger partial charge in [-0.05, 0) is 94.7 Å². The molecule has 30 heteroatoms. The van der Waals surface area contributed by atoms with E-state index in [1.165, 1.54) is 41.2 Å². The fourth-order valence-corrected chi connectivity index (χ4v) is 10.4. The molecule has 4 aromatic rings. The van der Waals surface area contributed by atoms with Gasteiger partial charge in [-0.2, -0.15) is 8.78 Å². The lowest BCUT2D eigenvalue weighted by Crippen LogP contribution is -2.47. The molecule has 2 aromatic carbocycles. The number of halogens is 1. The summed E-state index contributed by atoms with van der Waals surface area (Å²) in [7, 11) is -2.06. The molecule has 0 bridgehead atoms. The normalized spacial score (nSPS) is 19.6. The lowest BCUT2D eigenvalue weighted by molar-refractivity contribution is -0.386. The van der Waals surface area contributed by atoms with Crippen LogP contribution in [0.15, 0.2) is 68.0 Å².